The second-order valence-corrected chi connectivity index (χ2v) is 9.13. The van der Waals surface area contributed by atoms with Crippen LogP contribution < -0.4 is 0 Å². The molecule has 6 aromatic rings. The smallest absolute Gasteiger partial charge is 0.258 e. The van der Waals surface area contributed by atoms with Crippen molar-refractivity contribution in [2.24, 2.45) is 0 Å². The van der Waals surface area contributed by atoms with E-state index in [-0.39, 0.29) is 17.8 Å². The summed E-state index contributed by atoms with van der Waals surface area (Å²) in [5.74, 6) is 1.06. The number of aromatic nitrogens is 8. The molecule has 0 fully saturated rings. The number of nitro groups is 2. The maximum atomic E-state index is 10.9. The van der Waals surface area contributed by atoms with Gasteiger partial charge in [0.05, 0.1) is 16.3 Å². The average molecular weight is 506 g/mol. The molecule has 35 heavy (non-hydrogen) atoms. The van der Waals surface area contributed by atoms with Crippen LogP contribution in [0, 0.1) is 20.2 Å². The minimum Gasteiger partial charge on any atom is -0.258 e. The van der Waals surface area contributed by atoms with Crippen molar-refractivity contribution in [3.05, 3.63) is 80.4 Å². The second kappa shape index (κ2) is 7.96. The Bertz CT molecular complexity index is 1610. The molecule has 14 nitrogen and oxygen atoms in total. The SMILES string of the molecule is O=[N+]([O-])c1ccc(-c2nn3c(Cc4nnc5sc(-c6ccc([N+](=O)[O-])cc6)nn45)nnc3s2)cc1. The van der Waals surface area contributed by atoms with Gasteiger partial charge in [-0.15, -0.1) is 20.4 Å². The molecule has 6 rings (SSSR count). The van der Waals surface area contributed by atoms with Crippen molar-refractivity contribution in [1.82, 2.24) is 39.6 Å². The molecular weight excluding hydrogens is 496 g/mol. The third kappa shape index (κ3) is 3.65. The third-order valence-corrected chi connectivity index (χ3v) is 6.97. The Morgan fingerprint density at radius 3 is 1.43 bits per heavy atom. The van der Waals surface area contributed by atoms with Crippen LogP contribution in [0.15, 0.2) is 48.5 Å². The van der Waals surface area contributed by atoms with Crippen LogP contribution in [0.5, 0.6) is 0 Å². The minimum atomic E-state index is -0.453. The fourth-order valence-electron chi connectivity index (χ4n) is 3.36. The summed E-state index contributed by atoms with van der Waals surface area (Å²) < 4.78 is 3.21. The highest BCUT2D eigenvalue weighted by Crippen LogP contribution is 2.29. The lowest BCUT2D eigenvalue weighted by molar-refractivity contribution is -0.385. The first-order valence-corrected chi connectivity index (χ1v) is 11.5. The Morgan fingerprint density at radius 2 is 1.06 bits per heavy atom. The molecule has 0 radical (unpaired) electrons. The van der Waals surface area contributed by atoms with Crippen LogP contribution in [0.3, 0.4) is 0 Å². The molecule has 0 N–H and O–H groups in total. The molecular formula is C19H10N10O4S2. The van der Waals surface area contributed by atoms with Gasteiger partial charge in [-0.25, -0.2) is 0 Å². The summed E-state index contributed by atoms with van der Waals surface area (Å²) in [6, 6.07) is 12.3. The zero-order valence-electron chi connectivity index (χ0n) is 17.2. The Hall–Kier alpha value is -4.70. The van der Waals surface area contributed by atoms with E-state index < -0.39 is 9.85 Å². The number of nitro benzene ring substituents is 2. The molecule has 0 spiro atoms. The molecule has 0 amide bonds. The number of hydrogen-bond acceptors (Lipinski definition) is 12. The van der Waals surface area contributed by atoms with E-state index in [0.29, 0.717) is 31.6 Å². The highest BCUT2D eigenvalue weighted by molar-refractivity contribution is 7.20. The predicted octanol–water partition coefficient (Wildman–Crippen LogP) is 3.43. The quantitative estimate of drug-likeness (QED) is 0.240. The maximum Gasteiger partial charge on any atom is 0.269 e. The van der Waals surface area contributed by atoms with E-state index in [0.717, 1.165) is 11.1 Å². The first-order valence-electron chi connectivity index (χ1n) is 9.88. The number of fused-ring (bicyclic) bond motifs is 2. The van der Waals surface area contributed by atoms with Crippen LogP contribution in [0.4, 0.5) is 11.4 Å². The molecule has 0 aliphatic heterocycles. The Labute approximate surface area is 201 Å². The fraction of sp³-hybridized carbons (Fsp3) is 0.0526. The lowest BCUT2D eigenvalue weighted by atomic mass is 10.2. The molecule has 0 aliphatic rings. The minimum absolute atomic E-state index is 0.00428. The summed E-state index contributed by atoms with van der Waals surface area (Å²) in [6.07, 6.45) is 0.259. The fourth-order valence-corrected chi connectivity index (χ4v) is 5.09. The van der Waals surface area contributed by atoms with Crippen LogP contribution in [0.25, 0.3) is 31.1 Å². The number of benzene rings is 2. The summed E-state index contributed by atoms with van der Waals surface area (Å²) >= 11 is 2.62. The molecule has 0 unspecified atom stereocenters. The molecule has 4 heterocycles. The molecule has 172 valence electrons. The van der Waals surface area contributed by atoms with E-state index in [2.05, 4.69) is 30.6 Å². The Balaban J connectivity index is 1.29. The third-order valence-electron chi connectivity index (χ3n) is 5.08. The molecule has 2 aromatic carbocycles. The summed E-state index contributed by atoms with van der Waals surface area (Å²) in [6.45, 7) is 0. The number of non-ortho nitro benzene ring substituents is 2. The highest BCUT2D eigenvalue weighted by atomic mass is 32.1. The van der Waals surface area contributed by atoms with Gasteiger partial charge in [-0.1, -0.05) is 22.7 Å². The van der Waals surface area contributed by atoms with E-state index in [1.807, 2.05) is 0 Å². The zero-order valence-corrected chi connectivity index (χ0v) is 18.9. The average Bonchev–Trinajstić information content (AvgIpc) is 3.62. The van der Waals surface area contributed by atoms with Crippen LogP contribution in [0.1, 0.15) is 11.6 Å². The lowest BCUT2D eigenvalue weighted by Crippen LogP contribution is -2.03. The summed E-state index contributed by atoms with van der Waals surface area (Å²) in [5, 5.41) is 48.9. The molecule has 0 atom stereocenters. The van der Waals surface area contributed by atoms with Gasteiger partial charge in [0.25, 0.3) is 11.4 Å². The number of hydrogen-bond donors (Lipinski definition) is 0. The topological polar surface area (TPSA) is 172 Å². The maximum absolute atomic E-state index is 10.9. The van der Waals surface area contributed by atoms with Crippen molar-refractivity contribution in [1.29, 1.82) is 0 Å². The van der Waals surface area contributed by atoms with Crippen molar-refractivity contribution in [3.63, 3.8) is 0 Å². The summed E-state index contributed by atoms with van der Waals surface area (Å²) in [7, 11) is 0. The van der Waals surface area contributed by atoms with Gasteiger partial charge in [0.2, 0.25) is 9.92 Å². The summed E-state index contributed by atoms with van der Waals surface area (Å²) in [4.78, 5) is 22.0. The molecule has 0 aliphatic carbocycles. The van der Waals surface area contributed by atoms with Gasteiger partial charge in [0.1, 0.15) is 10.0 Å². The van der Waals surface area contributed by atoms with Crippen LogP contribution in [-0.2, 0) is 6.42 Å². The van der Waals surface area contributed by atoms with Crippen LogP contribution in [0.2, 0.25) is 0 Å². The van der Waals surface area contributed by atoms with E-state index in [1.54, 1.807) is 33.3 Å². The second-order valence-electron chi connectivity index (χ2n) is 7.22. The van der Waals surface area contributed by atoms with Crippen LogP contribution in [-0.4, -0.2) is 49.5 Å². The van der Waals surface area contributed by atoms with Gasteiger partial charge in [-0.2, -0.15) is 19.2 Å². The van der Waals surface area contributed by atoms with Crippen LogP contribution >= 0.6 is 22.7 Å². The van der Waals surface area contributed by atoms with Gasteiger partial charge in [-0.05, 0) is 24.3 Å². The largest absolute Gasteiger partial charge is 0.269 e. The van der Waals surface area contributed by atoms with Crippen molar-refractivity contribution >= 4 is 44.0 Å². The standard InChI is InChI=1S/C19H10N10O4S2/c30-28(31)12-5-1-10(2-6-12)16-24-26-14(20-22-18(26)34-16)9-15-21-23-19-27(15)25-17(35-19)11-3-7-13(8-4-11)29(32)33/h1-8H,9H2. The number of nitrogens with zero attached hydrogens (tertiary/aromatic N) is 10. The Morgan fingerprint density at radius 1 is 0.657 bits per heavy atom. The monoisotopic (exact) mass is 506 g/mol. The van der Waals surface area contributed by atoms with E-state index >= 15 is 0 Å². The highest BCUT2D eigenvalue weighted by Gasteiger charge is 2.19. The molecule has 4 aromatic heterocycles. The molecule has 0 saturated carbocycles. The van der Waals surface area contributed by atoms with E-state index in [4.69, 9.17) is 0 Å². The van der Waals surface area contributed by atoms with E-state index in [9.17, 15) is 20.2 Å². The van der Waals surface area contributed by atoms with Crippen molar-refractivity contribution < 1.29 is 9.85 Å². The molecule has 16 heteroatoms. The van der Waals surface area contributed by atoms with E-state index in [1.165, 1.54) is 46.9 Å². The molecule has 0 saturated heterocycles. The Kier molecular flexibility index (Phi) is 4.75. The first kappa shape index (κ1) is 20.9. The molecule has 0 bridgehead atoms. The normalized spacial score (nSPS) is 11.4. The van der Waals surface area contributed by atoms with Crippen molar-refractivity contribution in [2.75, 3.05) is 0 Å². The summed E-state index contributed by atoms with van der Waals surface area (Å²) in [5.41, 5.74) is 1.47. The van der Waals surface area contributed by atoms with Gasteiger partial charge >= 0.3 is 0 Å². The predicted molar refractivity (Wildman–Crippen MR) is 124 cm³/mol. The van der Waals surface area contributed by atoms with Gasteiger partial charge < -0.3 is 0 Å². The van der Waals surface area contributed by atoms with Crippen molar-refractivity contribution in [2.45, 2.75) is 6.42 Å². The van der Waals surface area contributed by atoms with Crippen molar-refractivity contribution in [3.8, 4) is 21.1 Å². The van der Waals surface area contributed by atoms with Gasteiger partial charge in [-0.3, -0.25) is 20.2 Å². The first-order chi connectivity index (χ1) is 17.0. The lowest BCUT2D eigenvalue weighted by Gasteiger charge is -1.97. The zero-order chi connectivity index (χ0) is 24.1. The number of rotatable bonds is 6. The van der Waals surface area contributed by atoms with Gasteiger partial charge in [0.15, 0.2) is 11.6 Å². The van der Waals surface area contributed by atoms with Gasteiger partial charge in [0, 0.05) is 35.4 Å².